The molecule has 5 aromatic rings. The molecule has 254 valence electrons. The Hall–Kier alpha value is -3.61. The Kier molecular flexibility index (Phi) is 10.5. The number of hydrogen-bond donors (Lipinski definition) is 2. The van der Waals surface area contributed by atoms with Crippen molar-refractivity contribution >= 4 is 54.5 Å². The van der Waals surface area contributed by atoms with Crippen LogP contribution in [0, 0.1) is 0 Å². The van der Waals surface area contributed by atoms with E-state index in [1.165, 1.54) is 25.3 Å². The first-order valence-electron chi connectivity index (χ1n) is 15.6. The Labute approximate surface area is 300 Å². The summed E-state index contributed by atoms with van der Waals surface area (Å²) in [5, 5.41) is 8.07. The predicted molar refractivity (Wildman–Crippen MR) is 198 cm³/mol. The number of aromatic nitrogens is 2. The van der Waals surface area contributed by atoms with Gasteiger partial charge >= 0.3 is 0 Å². The Balaban J connectivity index is 0.000000201. The zero-order valence-electron chi connectivity index (χ0n) is 28.3. The third kappa shape index (κ3) is 6.66. The van der Waals surface area contributed by atoms with Crippen LogP contribution in [0.15, 0.2) is 77.5 Å². The zero-order chi connectivity index (χ0) is 35.0. The van der Waals surface area contributed by atoms with Crippen molar-refractivity contribution in [3.63, 3.8) is 0 Å². The van der Waals surface area contributed by atoms with Gasteiger partial charge in [-0.1, -0.05) is 102 Å². The van der Waals surface area contributed by atoms with Crippen LogP contribution < -0.4 is 19.9 Å². The summed E-state index contributed by atoms with van der Waals surface area (Å²) in [6, 6.07) is 17.7. The van der Waals surface area contributed by atoms with Crippen LogP contribution in [-0.4, -0.2) is 28.7 Å². The van der Waals surface area contributed by atoms with Gasteiger partial charge in [0.2, 0.25) is 0 Å². The molecule has 48 heavy (non-hydrogen) atoms. The van der Waals surface area contributed by atoms with E-state index in [0.29, 0.717) is 40.2 Å². The third-order valence-corrected chi connectivity index (χ3v) is 10.7. The minimum Gasteiger partial charge on any atom is -0.495 e. The fourth-order valence-corrected chi connectivity index (χ4v) is 8.10. The van der Waals surface area contributed by atoms with Gasteiger partial charge in [-0.2, -0.15) is 0 Å². The highest BCUT2D eigenvalue weighted by molar-refractivity contribution is 9.10. The summed E-state index contributed by atoms with van der Waals surface area (Å²) in [6.45, 7) is 12.8. The number of nitrogen functional groups attached to an aromatic ring is 1. The van der Waals surface area contributed by atoms with Crippen LogP contribution in [0.1, 0.15) is 63.8 Å². The molecule has 0 saturated heterocycles. The van der Waals surface area contributed by atoms with Gasteiger partial charge in [-0.15, -0.1) is 0 Å². The normalized spacial score (nSPS) is 15.1. The van der Waals surface area contributed by atoms with E-state index in [1.54, 1.807) is 18.2 Å². The molecule has 0 amide bonds. The van der Waals surface area contributed by atoms with Crippen LogP contribution in [0.4, 0.5) is 11.6 Å². The van der Waals surface area contributed by atoms with E-state index < -0.39 is 11.0 Å². The van der Waals surface area contributed by atoms with E-state index >= 15 is 0 Å². The average Bonchev–Trinajstić information content (AvgIpc) is 3.63. The molecule has 3 aromatic carbocycles. The molecule has 1 atom stereocenters. The summed E-state index contributed by atoms with van der Waals surface area (Å²) in [5.74, 6) is 3.44. The van der Waals surface area contributed by atoms with Crippen LogP contribution in [0.25, 0.3) is 22.6 Å². The summed E-state index contributed by atoms with van der Waals surface area (Å²) in [5.41, 5.74) is 12.3. The Morgan fingerprint density at radius 1 is 0.792 bits per heavy atom. The number of methoxy groups -OCH3 is 2. The van der Waals surface area contributed by atoms with Crippen LogP contribution >= 0.6 is 31.9 Å². The number of nitrogens with zero attached hydrogens (tertiary/aromatic N) is 2. The van der Waals surface area contributed by atoms with Crippen molar-refractivity contribution in [3.8, 4) is 34.1 Å². The molecule has 2 aliphatic carbocycles. The number of nitrogens with one attached hydrogen (secondary N) is 1. The fraction of sp³-hybridized carbons (Fsp3) is 0.333. The number of fused-ring (bicyclic) bond motifs is 6. The molecule has 2 aliphatic rings. The summed E-state index contributed by atoms with van der Waals surface area (Å²) in [6.07, 6.45) is 1.58. The van der Waals surface area contributed by atoms with Gasteiger partial charge in [0, 0.05) is 31.2 Å². The van der Waals surface area contributed by atoms with Crippen molar-refractivity contribution in [2.24, 2.45) is 0 Å². The van der Waals surface area contributed by atoms with Crippen molar-refractivity contribution in [2.45, 2.75) is 70.1 Å². The maximum absolute atomic E-state index is 13.2. The van der Waals surface area contributed by atoms with E-state index in [1.807, 2.05) is 26.0 Å². The maximum atomic E-state index is 13.2. The first-order valence-corrected chi connectivity index (χ1v) is 18.3. The van der Waals surface area contributed by atoms with Crippen LogP contribution in [0.3, 0.4) is 0 Å². The molecular formula is C36H40Br2N4O5S. The van der Waals surface area contributed by atoms with E-state index in [4.69, 9.17) is 24.3 Å². The van der Waals surface area contributed by atoms with E-state index in [2.05, 4.69) is 98.9 Å². The molecule has 2 heterocycles. The summed E-state index contributed by atoms with van der Waals surface area (Å²) in [4.78, 5) is 0.424. The fourth-order valence-electron chi connectivity index (χ4n) is 6.27. The van der Waals surface area contributed by atoms with E-state index in [9.17, 15) is 4.21 Å². The number of nitrogens with two attached hydrogens (primary N) is 1. The Morgan fingerprint density at radius 3 is 1.79 bits per heavy atom. The lowest BCUT2D eigenvalue weighted by Crippen LogP contribution is -2.25. The Bertz CT molecular complexity index is 1960. The third-order valence-electron chi connectivity index (χ3n) is 8.51. The largest absolute Gasteiger partial charge is 0.495 e. The molecule has 0 radical (unpaired) electrons. The van der Waals surface area contributed by atoms with Crippen molar-refractivity contribution in [1.29, 1.82) is 0 Å². The molecule has 0 saturated carbocycles. The van der Waals surface area contributed by atoms with Gasteiger partial charge in [0.1, 0.15) is 16.4 Å². The highest BCUT2D eigenvalue weighted by Crippen LogP contribution is 2.47. The molecular weight excluding hydrogens is 760 g/mol. The molecule has 0 spiro atoms. The summed E-state index contributed by atoms with van der Waals surface area (Å²) in [7, 11) is 1.41. The highest BCUT2D eigenvalue weighted by Gasteiger charge is 2.37. The van der Waals surface area contributed by atoms with Crippen molar-refractivity contribution < 1.29 is 22.7 Å². The second-order valence-corrected chi connectivity index (χ2v) is 15.6. The number of hydrogen-bond acceptors (Lipinski definition) is 8. The molecule has 0 fully saturated rings. The van der Waals surface area contributed by atoms with Crippen molar-refractivity contribution in [2.75, 3.05) is 24.7 Å². The first kappa shape index (κ1) is 35.7. The number of ether oxygens (including phenoxy) is 2. The molecule has 12 heteroatoms. The lowest BCUT2D eigenvalue weighted by atomic mass is 9.72. The standard InChI is InChI=1S/C21H21BrN2O4S.C13H13BrN2O.C2H6/c1-21(2)11-14-18(13-10-12(22)8-9-15(13)21)28-23-20(14)24-29(25)19-16(26-3)6-5-7-17(19)27-4;1-13(2)6-9-11(17-16-12(9)15)8-5-7(14)3-4-10(8)13;1-2/h5-10H,11H2,1-4H3,(H,23,24);3-5H,6H2,1-2H3,(H2,15,16);1-2H3. The highest BCUT2D eigenvalue weighted by atomic mass is 79.9. The van der Waals surface area contributed by atoms with Crippen molar-refractivity contribution in [1.82, 2.24) is 10.3 Å². The second kappa shape index (κ2) is 14.1. The average molecular weight is 801 g/mol. The SMILES string of the molecule is CC.CC1(C)Cc2c(N)noc2-c2cc(Br)ccc21.COc1cccc(OC)c1S(=O)Nc1noc2c1CC(C)(C)c1ccc(Br)cc1-2. The van der Waals surface area contributed by atoms with Crippen molar-refractivity contribution in [3.05, 3.63) is 85.8 Å². The number of anilines is 2. The topological polar surface area (TPSA) is 126 Å². The quantitative estimate of drug-likeness (QED) is 0.180. The first-order chi connectivity index (χ1) is 22.8. The predicted octanol–water partition coefficient (Wildman–Crippen LogP) is 9.64. The maximum Gasteiger partial charge on any atom is 0.185 e. The van der Waals surface area contributed by atoms with Gasteiger partial charge in [-0.3, -0.25) is 4.72 Å². The summed E-state index contributed by atoms with van der Waals surface area (Å²) >= 11 is 7.03. The molecule has 2 aromatic heterocycles. The van der Waals surface area contributed by atoms with E-state index in [0.717, 1.165) is 43.4 Å². The zero-order valence-corrected chi connectivity index (χ0v) is 32.3. The smallest absolute Gasteiger partial charge is 0.185 e. The monoisotopic (exact) mass is 798 g/mol. The minimum atomic E-state index is -1.65. The molecule has 0 bridgehead atoms. The number of rotatable bonds is 5. The van der Waals surface area contributed by atoms with E-state index in [-0.39, 0.29) is 10.8 Å². The molecule has 9 nitrogen and oxygen atoms in total. The summed E-state index contributed by atoms with van der Waals surface area (Å²) < 4.78 is 40.0. The Morgan fingerprint density at radius 2 is 1.27 bits per heavy atom. The molecule has 0 aliphatic heterocycles. The van der Waals surface area contributed by atoms with Gasteiger partial charge in [0.15, 0.2) is 34.1 Å². The number of halogens is 2. The second-order valence-electron chi connectivity index (χ2n) is 12.6. The lowest BCUT2D eigenvalue weighted by Gasteiger charge is -2.31. The number of benzene rings is 3. The molecule has 7 rings (SSSR count). The minimum absolute atomic E-state index is 0.0582. The van der Waals surface area contributed by atoms with Gasteiger partial charge in [-0.05, 0) is 71.2 Å². The molecule has 1 unspecified atom stereocenters. The molecule has 3 N–H and O–H groups in total. The van der Waals surface area contributed by atoms with Crippen LogP contribution in [0.5, 0.6) is 11.5 Å². The lowest BCUT2D eigenvalue weighted by molar-refractivity contribution is 0.375. The van der Waals surface area contributed by atoms with Crippen LogP contribution in [0.2, 0.25) is 0 Å². The van der Waals surface area contributed by atoms with Gasteiger partial charge < -0.3 is 24.3 Å². The van der Waals surface area contributed by atoms with Gasteiger partial charge in [0.25, 0.3) is 0 Å². The van der Waals surface area contributed by atoms with Crippen LogP contribution in [-0.2, 0) is 34.7 Å². The van der Waals surface area contributed by atoms with Gasteiger partial charge in [-0.25, -0.2) is 4.21 Å². The van der Waals surface area contributed by atoms with Gasteiger partial charge in [0.05, 0.1) is 14.2 Å².